The summed E-state index contributed by atoms with van der Waals surface area (Å²) < 4.78 is 32.0. The van der Waals surface area contributed by atoms with E-state index in [-0.39, 0.29) is 22.6 Å². The fourth-order valence-corrected chi connectivity index (χ4v) is 4.76. The number of rotatable bonds is 6. The third kappa shape index (κ3) is 3.51. The molecule has 1 heterocycles. The van der Waals surface area contributed by atoms with Crippen LogP contribution in [-0.4, -0.2) is 44.1 Å². The van der Waals surface area contributed by atoms with E-state index in [2.05, 4.69) is 0 Å². The summed E-state index contributed by atoms with van der Waals surface area (Å²) >= 11 is 6.02. The average Bonchev–Trinajstić information content (AvgIpc) is 2.94. The van der Waals surface area contributed by atoms with Crippen molar-refractivity contribution < 1.29 is 18.3 Å². The third-order valence-corrected chi connectivity index (χ3v) is 5.99. The van der Waals surface area contributed by atoms with Crippen LogP contribution in [-0.2, 0) is 10.0 Å². The second-order valence-electron chi connectivity index (χ2n) is 5.07. The van der Waals surface area contributed by atoms with E-state index >= 15 is 0 Å². The number of nitrogens with zero attached hydrogens (tertiary/aromatic N) is 1. The molecule has 1 atom stereocenters. The van der Waals surface area contributed by atoms with Crippen molar-refractivity contribution in [3.8, 4) is 5.75 Å². The number of aliphatic hydroxyl groups excluding tert-OH is 1. The van der Waals surface area contributed by atoms with Crippen molar-refractivity contribution in [2.45, 2.75) is 36.6 Å². The summed E-state index contributed by atoms with van der Waals surface area (Å²) in [7, 11) is -2.07. The van der Waals surface area contributed by atoms with Gasteiger partial charge in [-0.2, -0.15) is 4.31 Å². The van der Waals surface area contributed by atoms with E-state index in [0.29, 0.717) is 25.1 Å². The number of benzene rings is 1. The minimum atomic E-state index is -3.55. The van der Waals surface area contributed by atoms with Gasteiger partial charge in [0.2, 0.25) is 10.0 Å². The highest BCUT2D eigenvalue weighted by atomic mass is 35.5. The molecule has 0 spiro atoms. The van der Waals surface area contributed by atoms with E-state index in [9.17, 15) is 8.42 Å². The van der Waals surface area contributed by atoms with Crippen LogP contribution in [0.3, 0.4) is 0 Å². The second kappa shape index (κ2) is 6.96. The normalized spacial score (nSPS) is 19.9. The molecule has 0 aliphatic carbocycles. The molecule has 0 amide bonds. The highest BCUT2D eigenvalue weighted by Gasteiger charge is 2.35. The van der Waals surface area contributed by atoms with Gasteiger partial charge in [-0.3, -0.25) is 0 Å². The summed E-state index contributed by atoms with van der Waals surface area (Å²) in [6.07, 6.45) is 2.97. The number of halogens is 1. The van der Waals surface area contributed by atoms with Crippen molar-refractivity contribution in [3.63, 3.8) is 0 Å². The molecular formula is C14H20ClNO4S. The van der Waals surface area contributed by atoms with Crippen LogP contribution in [0.15, 0.2) is 23.1 Å². The summed E-state index contributed by atoms with van der Waals surface area (Å²) in [5.41, 5.74) is 0. The van der Waals surface area contributed by atoms with Crippen molar-refractivity contribution in [2.75, 3.05) is 20.3 Å². The lowest BCUT2D eigenvalue weighted by Gasteiger charge is -2.24. The Morgan fingerprint density at radius 3 is 2.86 bits per heavy atom. The van der Waals surface area contributed by atoms with Crippen LogP contribution in [0.2, 0.25) is 5.02 Å². The third-order valence-electron chi connectivity index (χ3n) is 3.75. The first-order chi connectivity index (χ1) is 10.0. The molecule has 1 aromatic rings. The van der Waals surface area contributed by atoms with Crippen LogP contribution in [0.4, 0.5) is 0 Å². The van der Waals surface area contributed by atoms with E-state index in [1.54, 1.807) is 6.07 Å². The first-order valence-electron chi connectivity index (χ1n) is 6.97. The Balaban J connectivity index is 2.26. The summed E-state index contributed by atoms with van der Waals surface area (Å²) in [6, 6.07) is 4.47. The van der Waals surface area contributed by atoms with Gasteiger partial charge in [-0.05, 0) is 43.9 Å². The molecule has 1 N–H and O–H groups in total. The molecule has 1 saturated heterocycles. The van der Waals surface area contributed by atoms with E-state index in [1.165, 1.54) is 23.5 Å². The van der Waals surface area contributed by atoms with E-state index in [0.717, 1.165) is 12.8 Å². The summed E-state index contributed by atoms with van der Waals surface area (Å²) in [5, 5.41) is 9.21. The predicted molar refractivity (Wildman–Crippen MR) is 81.2 cm³/mol. The second-order valence-corrected chi connectivity index (χ2v) is 7.37. The lowest BCUT2D eigenvalue weighted by molar-refractivity contribution is 0.264. The van der Waals surface area contributed by atoms with Crippen LogP contribution >= 0.6 is 11.6 Å². The van der Waals surface area contributed by atoms with Crippen molar-refractivity contribution in [1.29, 1.82) is 0 Å². The quantitative estimate of drug-likeness (QED) is 0.867. The van der Waals surface area contributed by atoms with Crippen LogP contribution in [0.5, 0.6) is 5.75 Å². The molecule has 0 bridgehead atoms. The molecule has 118 valence electrons. The maximum atomic E-state index is 12.7. The first kappa shape index (κ1) is 16.5. The van der Waals surface area contributed by atoms with Crippen molar-refractivity contribution in [2.24, 2.45) is 0 Å². The highest BCUT2D eigenvalue weighted by Crippen LogP contribution is 2.32. The van der Waals surface area contributed by atoms with Gasteiger partial charge in [0, 0.05) is 19.2 Å². The van der Waals surface area contributed by atoms with Gasteiger partial charge in [-0.15, -0.1) is 0 Å². The smallest absolute Gasteiger partial charge is 0.243 e. The molecule has 7 heteroatoms. The Morgan fingerprint density at radius 2 is 2.24 bits per heavy atom. The topological polar surface area (TPSA) is 66.8 Å². The van der Waals surface area contributed by atoms with E-state index in [1.807, 2.05) is 0 Å². The highest BCUT2D eigenvalue weighted by molar-refractivity contribution is 7.89. The number of sulfonamides is 1. The van der Waals surface area contributed by atoms with Gasteiger partial charge in [-0.1, -0.05) is 11.6 Å². The minimum Gasteiger partial charge on any atom is -0.495 e. The molecular weight excluding hydrogens is 314 g/mol. The van der Waals surface area contributed by atoms with Crippen LogP contribution in [0.25, 0.3) is 0 Å². The molecule has 1 aromatic carbocycles. The van der Waals surface area contributed by atoms with Crippen LogP contribution < -0.4 is 4.74 Å². The summed E-state index contributed by atoms with van der Waals surface area (Å²) in [4.78, 5) is 0.184. The van der Waals surface area contributed by atoms with Gasteiger partial charge in [0.05, 0.1) is 17.0 Å². The Bertz CT molecular complexity index is 591. The fourth-order valence-electron chi connectivity index (χ4n) is 2.68. The maximum absolute atomic E-state index is 12.7. The Hall–Kier alpha value is -0.820. The zero-order chi connectivity index (χ0) is 15.5. The Kier molecular flexibility index (Phi) is 5.48. The van der Waals surface area contributed by atoms with Gasteiger partial charge in [-0.25, -0.2) is 8.42 Å². The number of hydrogen-bond donors (Lipinski definition) is 1. The monoisotopic (exact) mass is 333 g/mol. The van der Waals surface area contributed by atoms with Crippen molar-refractivity contribution >= 4 is 21.6 Å². The zero-order valence-electron chi connectivity index (χ0n) is 12.0. The molecule has 0 radical (unpaired) electrons. The molecule has 1 fully saturated rings. The average molecular weight is 334 g/mol. The molecule has 1 unspecified atom stereocenters. The molecule has 5 nitrogen and oxygen atoms in total. The Labute approximate surface area is 130 Å². The fraction of sp³-hybridized carbons (Fsp3) is 0.571. The standard InChI is InChI=1S/C14H20ClNO4S/c1-20-14-7-6-12(10-13(14)15)21(18,19)16-8-2-4-11(16)5-3-9-17/h6-7,10-11,17H,2-5,8-9H2,1H3. The largest absolute Gasteiger partial charge is 0.495 e. The van der Waals surface area contributed by atoms with Gasteiger partial charge in [0.25, 0.3) is 0 Å². The number of methoxy groups -OCH3 is 1. The molecule has 1 aliphatic heterocycles. The molecule has 0 saturated carbocycles. The van der Waals surface area contributed by atoms with Gasteiger partial charge in [0.15, 0.2) is 0 Å². The molecule has 2 rings (SSSR count). The molecule has 0 aromatic heterocycles. The number of aliphatic hydroxyl groups is 1. The van der Waals surface area contributed by atoms with Gasteiger partial charge < -0.3 is 9.84 Å². The lowest BCUT2D eigenvalue weighted by atomic mass is 10.1. The predicted octanol–water partition coefficient (Wildman–Crippen LogP) is 2.27. The lowest BCUT2D eigenvalue weighted by Crippen LogP contribution is -2.35. The Morgan fingerprint density at radius 1 is 1.48 bits per heavy atom. The van der Waals surface area contributed by atoms with Gasteiger partial charge in [0.1, 0.15) is 5.75 Å². The van der Waals surface area contributed by atoms with Crippen LogP contribution in [0, 0.1) is 0 Å². The van der Waals surface area contributed by atoms with Crippen molar-refractivity contribution in [3.05, 3.63) is 23.2 Å². The molecule has 21 heavy (non-hydrogen) atoms. The SMILES string of the molecule is COc1ccc(S(=O)(=O)N2CCCC2CCCO)cc1Cl. The van der Waals surface area contributed by atoms with Crippen LogP contribution in [0.1, 0.15) is 25.7 Å². The summed E-state index contributed by atoms with van der Waals surface area (Å²) in [6.45, 7) is 0.598. The summed E-state index contributed by atoms with van der Waals surface area (Å²) in [5.74, 6) is 0.453. The maximum Gasteiger partial charge on any atom is 0.243 e. The van der Waals surface area contributed by atoms with E-state index < -0.39 is 10.0 Å². The zero-order valence-corrected chi connectivity index (χ0v) is 13.5. The van der Waals surface area contributed by atoms with Gasteiger partial charge >= 0.3 is 0 Å². The first-order valence-corrected chi connectivity index (χ1v) is 8.78. The minimum absolute atomic E-state index is 0.0389. The molecule has 1 aliphatic rings. The number of ether oxygens (including phenoxy) is 1. The van der Waals surface area contributed by atoms with E-state index in [4.69, 9.17) is 21.4 Å². The van der Waals surface area contributed by atoms with Crippen molar-refractivity contribution in [1.82, 2.24) is 4.31 Å². The number of hydrogen-bond acceptors (Lipinski definition) is 4.